The van der Waals surface area contributed by atoms with E-state index >= 15 is 0 Å². The minimum atomic E-state index is -0.943. The van der Waals surface area contributed by atoms with Crippen LogP contribution in [-0.2, 0) is 10.5 Å². The number of carbonyl (C=O) groups excluding carboxylic acids is 1. The number of carboxylic acids is 1. The van der Waals surface area contributed by atoms with Gasteiger partial charge in [-0.3, -0.25) is 4.79 Å². The lowest BCUT2D eigenvalue weighted by molar-refractivity contribution is -0.117. The van der Waals surface area contributed by atoms with Crippen LogP contribution in [0.3, 0.4) is 0 Å². The SMILES string of the molecule is CC(=O)N[SH](Cc1ccsc1C(=O)O)c1ccccc1. The average Bonchev–Trinajstić information content (AvgIpc) is 2.87. The molecule has 4 nitrogen and oxygen atoms in total. The summed E-state index contributed by atoms with van der Waals surface area (Å²) >= 11 is 0.269. The van der Waals surface area contributed by atoms with E-state index in [0.717, 1.165) is 10.5 Å². The standard InChI is InChI=1S/C14H15NO3S2/c1-10(16)15-20(12-5-3-2-4-6-12)9-11-7-8-19-13(11)14(17)18/h2-8,20H,9H2,1H3,(H,15,16)(H,17,18). The molecule has 0 bridgehead atoms. The molecule has 1 unspecified atom stereocenters. The summed E-state index contributed by atoms with van der Waals surface area (Å²) < 4.78 is 2.94. The van der Waals surface area contributed by atoms with E-state index in [1.807, 2.05) is 36.4 Å². The molecule has 1 aromatic heterocycles. The Labute approximate surface area is 123 Å². The van der Waals surface area contributed by atoms with Gasteiger partial charge in [0, 0.05) is 17.6 Å². The Morgan fingerprint density at radius 1 is 1.25 bits per heavy atom. The summed E-state index contributed by atoms with van der Waals surface area (Å²) in [5.41, 5.74) is 0.770. The highest BCUT2D eigenvalue weighted by molar-refractivity contribution is 8.15. The molecule has 0 aliphatic rings. The zero-order valence-electron chi connectivity index (χ0n) is 10.9. The van der Waals surface area contributed by atoms with Gasteiger partial charge in [0.25, 0.3) is 0 Å². The Bertz CT molecular complexity index is 610. The van der Waals surface area contributed by atoms with Crippen LogP contribution in [0.5, 0.6) is 0 Å². The molecule has 1 atom stereocenters. The van der Waals surface area contributed by atoms with Crippen LogP contribution in [0.15, 0.2) is 46.7 Å². The normalized spacial score (nSPS) is 12.8. The van der Waals surface area contributed by atoms with Gasteiger partial charge in [-0.2, -0.15) is 0 Å². The lowest BCUT2D eigenvalue weighted by Crippen LogP contribution is -2.18. The second kappa shape index (κ2) is 6.58. The van der Waals surface area contributed by atoms with E-state index in [1.54, 1.807) is 5.38 Å². The molecule has 2 aromatic rings. The van der Waals surface area contributed by atoms with Gasteiger partial charge in [0.05, 0.1) is 0 Å². The molecule has 0 aliphatic heterocycles. The van der Waals surface area contributed by atoms with Crippen molar-refractivity contribution in [3.63, 3.8) is 0 Å². The molecule has 20 heavy (non-hydrogen) atoms. The van der Waals surface area contributed by atoms with E-state index in [-0.39, 0.29) is 5.91 Å². The van der Waals surface area contributed by atoms with Crippen molar-refractivity contribution in [3.05, 3.63) is 52.2 Å². The van der Waals surface area contributed by atoms with Gasteiger partial charge in [-0.15, -0.1) is 22.4 Å². The average molecular weight is 309 g/mol. The van der Waals surface area contributed by atoms with Crippen LogP contribution in [0.2, 0.25) is 0 Å². The molecule has 0 radical (unpaired) electrons. The number of benzene rings is 1. The van der Waals surface area contributed by atoms with Crippen molar-refractivity contribution >= 4 is 34.3 Å². The third-order valence-corrected chi connectivity index (χ3v) is 5.74. The fourth-order valence-electron chi connectivity index (χ4n) is 1.81. The molecule has 1 amide bonds. The predicted octanol–water partition coefficient (Wildman–Crippen LogP) is 3.06. The number of hydrogen-bond acceptors (Lipinski definition) is 3. The Kier molecular flexibility index (Phi) is 4.81. The van der Waals surface area contributed by atoms with Crippen LogP contribution in [0.25, 0.3) is 0 Å². The molecule has 106 valence electrons. The van der Waals surface area contributed by atoms with Crippen molar-refractivity contribution in [3.8, 4) is 0 Å². The van der Waals surface area contributed by atoms with E-state index in [0.29, 0.717) is 10.6 Å². The van der Waals surface area contributed by atoms with Gasteiger partial charge in [0.2, 0.25) is 5.91 Å². The molecule has 6 heteroatoms. The number of rotatable bonds is 5. The van der Waals surface area contributed by atoms with Gasteiger partial charge >= 0.3 is 5.97 Å². The first-order valence-corrected chi connectivity index (χ1v) is 8.38. The highest BCUT2D eigenvalue weighted by Crippen LogP contribution is 2.37. The van der Waals surface area contributed by atoms with Crippen LogP contribution < -0.4 is 4.72 Å². The number of hydrogen-bond donors (Lipinski definition) is 3. The Balaban J connectivity index is 2.26. The van der Waals surface area contributed by atoms with Crippen LogP contribution >= 0.6 is 22.4 Å². The van der Waals surface area contributed by atoms with E-state index < -0.39 is 17.1 Å². The van der Waals surface area contributed by atoms with Gasteiger partial charge in [-0.05, 0) is 29.1 Å². The largest absolute Gasteiger partial charge is 0.477 e. The molecule has 0 spiro atoms. The molecule has 1 aromatic carbocycles. The minimum Gasteiger partial charge on any atom is -0.477 e. The third kappa shape index (κ3) is 3.61. The fourth-order valence-corrected chi connectivity index (χ4v) is 4.59. The first-order chi connectivity index (χ1) is 9.58. The number of carboxylic acid groups (broad SMARTS) is 1. The third-order valence-electron chi connectivity index (χ3n) is 2.63. The number of thiol groups is 1. The lowest BCUT2D eigenvalue weighted by atomic mass is 10.3. The van der Waals surface area contributed by atoms with E-state index in [4.69, 9.17) is 5.11 Å². The number of thiophene rings is 1. The molecule has 2 rings (SSSR count). The molecular weight excluding hydrogens is 294 g/mol. The fraction of sp³-hybridized carbons (Fsp3) is 0.143. The Morgan fingerprint density at radius 3 is 2.55 bits per heavy atom. The van der Waals surface area contributed by atoms with Crippen LogP contribution in [-0.4, -0.2) is 17.0 Å². The first-order valence-electron chi connectivity index (χ1n) is 5.97. The van der Waals surface area contributed by atoms with Crippen LogP contribution in [0.4, 0.5) is 0 Å². The number of amides is 1. The van der Waals surface area contributed by atoms with Gasteiger partial charge in [-0.25, -0.2) is 4.79 Å². The highest BCUT2D eigenvalue weighted by atomic mass is 32.2. The summed E-state index contributed by atoms with van der Waals surface area (Å²) in [4.78, 5) is 23.9. The topological polar surface area (TPSA) is 66.4 Å². The van der Waals surface area contributed by atoms with E-state index in [2.05, 4.69) is 4.72 Å². The van der Waals surface area contributed by atoms with Crippen molar-refractivity contribution in [2.75, 3.05) is 0 Å². The van der Waals surface area contributed by atoms with Crippen molar-refractivity contribution in [2.24, 2.45) is 0 Å². The maximum absolute atomic E-state index is 11.4. The number of aromatic carboxylic acids is 1. The number of carbonyl (C=O) groups is 2. The van der Waals surface area contributed by atoms with Crippen molar-refractivity contribution in [1.82, 2.24) is 4.72 Å². The van der Waals surface area contributed by atoms with E-state index in [9.17, 15) is 9.59 Å². The van der Waals surface area contributed by atoms with Crippen LogP contribution in [0, 0.1) is 0 Å². The lowest BCUT2D eigenvalue weighted by Gasteiger charge is -2.22. The second-order valence-electron chi connectivity index (χ2n) is 4.17. The second-order valence-corrected chi connectivity index (χ2v) is 7.00. The predicted molar refractivity (Wildman–Crippen MR) is 82.5 cm³/mol. The van der Waals surface area contributed by atoms with Gasteiger partial charge < -0.3 is 9.83 Å². The van der Waals surface area contributed by atoms with Crippen molar-refractivity contribution in [2.45, 2.75) is 17.6 Å². The summed E-state index contributed by atoms with van der Waals surface area (Å²) in [6, 6.07) is 11.5. The molecule has 2 N–H and O–H groups in total. The van der Waals surface area contributed by atoms with Gasteiger partial charge in [0.1, 0.15) is 4.88 Å². The van der Waals surface area contributed by atoms with E-state index in [1.165, 1.54) is 18.3 Å². The minimum absolute atomic E-state index is 0.105. The Hall–Kier alpha value is -1.79. The van der Waals surface area contributed by atoms with Crippen LogP contribution in [0.1, 0.15) is 22.2 Å². The molecular formula is C14H15NO3S2. The van der Waals surface area contributed by atoms with Gasteiger partial charge in [0.15, 0.2) is 0 Å². The maximum Gasteiger partial charge on any atom is 0.346 e. The summed E-state index contributed by atoms with van der Waals surface area (Å²) in [6.45, 7) is 1.48. The Morgan fingerprint density at radius 2 is 1.95 bits per heavy atom. The smallest absolute Gasteiger partial charge is 0.346 e. The summed E-state index contributed by atoms with van der Waals surface area (Å²) in [6.07, 6.45) is 0. The molecule has 0 saturated heterocycles. The first kappa shape index (κ1) is 14.6. The molecule has 0 saturated carbocycles. The quantitative estimate of drug-likeness (QED) is 0.744. The zero-order valence-corrected chi connectivity index (χ0v) is 12.6. The summed E-state index contributed by atoms with van der Waals surface area (Å²) in [5.74, 6) is -0.489. The van der Waals surface area contributed by atoms with Crippen molar-refractivity contribution < 1.29 is 14.7 Å². The highest BCUT2D eigenvalue weighted by Gasteiger charge is 2.16. The molecule has 0 aliphatic carbocycles. The summed E-state index contributed by atoms with van der Waals surface area (Å²) in [5, 5.41) is 10.9. The monoisotopic (exact) mass is 309 g/mol. The van der Waals surface area contributed by atoms with Gasteiger partial charge in [-0.1, -0.05) is 18.2 Å². The maximum atomic E-state index is 11.4. The zero-order chi connectivity index (χ0) is 14.5. The van der Waals surface area contributed by atoms with Crippen molar-refractivity contribution in [1.29, 1.82) is 0 Å². The molecule has 0 fully saturated rings. The summed E-state index contributed by atoms with van der Waals surface area (Å²) in [7, 11) is 0. The number of nitrogens with one attached hydrogen (secondary N) is 1. The molecule has 1 heterocycles.